The minimum absolute atomic E-state index is 0.374. The first-order valence-electron chi connectivity index (χ1n) is 9.15. The molecule has 3 aromatic rings. The lowest BCUT2D eigenvalue weighted by Gasteiger charge is -2.29. The van der Waals surface area contributed by atoms with Crippen LogP contribution in [0, 0.1) is 0 Å². The van der Waals surface area contributed by atoms with Gasteiger partial charge in [-0.25, -0.2) is 9.97 Å². The molecular weight excluding hydrogens is 306 g/mol. The lowest BCUT2D eigenvalue weighted by atomic mass is 9.78. The van der Waals surface area contributed by atoms with E-state index in [4.69, 9.17) is 4.98 Å². The van der Waals surface area contributed by atoms with Gasteiger partial charge in [-0.1, -0.05) is 54.6 Å². The van der Waals surface area contributed by atoms with Gasteiger partial charge in [-0.15, -0.1) is 0 Å². The monoisotopic (exact) mass is 327 g/mol. The van der Waals surface area contributed by atoms with Gasteiger partial charge in [-0.2, -0.15) is 0 Å². The predicted octanol–water partition coefficient (Wildman–Crippen LogP) is 4.80. The first-order chi connectivity index (χ1) is 12.4. The molecule has 1 N–H and O–H groups in total. The average Bonchev–Trinajstić information content (AvgIpc) is 2.65. The highest BCUT2D eigenvalue weighted by molar-refractivity contribution is 5.72. The molecule has 0 bridgehead atoms. The fourth-order valence-electron chi connectivity index (χ4n) is 3.92. The summed E-state index contributed by atoms with van der Waals surface area (Å²) in [7, 11) is 0. The third kappa shape index (κ3) is 2.60. The molecule has 0 aliphatic heterocycles. The zero-order valence-electron chi connectivity index (χ0n) is 14.2. The molecule has 1 aromatic heterocycles. The Morgan fingerprint density at radius 2 is 1.72 bits per heavy atom. The van der Waals surface area contributed by atoms with Gasteiger partial charge in [0.25, 0.3) is 0 Å². The van der Waals surface area contributed by atoms with Crippen molar-refractivity contribution in [3.8, 4) is 11.3 Å². The van der Waals surface area contributed by atoms with Crippen molar-refractivity contribution in [2.24, 2.45) is 0 Å². The summed E-state index contributed by atoms with van der Waals surface area (Å²) in [5.41, 5.74) is 6.31. The summed E-state index contributed by atoms with van der Waals surface area (Å²) in [6.45, 7) is 0. The van der Waals surface area contributed by atoms with Crippen molar-refractivity contribution < 1.29 is 0 Å². The van der Waals surface area contributed by atoms with Crippen molar-refractivity contribution in [1.29, 1.82) is 0 Å². The smallest absolute Gasteiger partial charge is 0.223 e. The molecule has 0 amide bonds. The normalized spacial score (nSPS) is 18.8. The molecule has 0 radical (unpaired) electrons. The molecule has 1 heterocycles. The van der Waals surface area contributed by atoms with Gasteiger partial charge in [-0.3, -0.25) is 0 Å². The molecule has 0 spiro atoms. The summed E-state index contributed by atoms with van der Waals surface area (Å²) in [6.07, 6.45) is 6.75. The van der Waals surface area contributed by atoms with Crippen LogP contribution in [0.2, 0.25) is 0 Å². The molecule has 0 saturated heterocycles. The minimum Gasteiger partial charge on any atom is -0.351 e. The van der Waals surface area contributed by atoms with Gasteiger partial charge in [0.2, 0.25) is 5.95 Å². The highest BCUT2D eigenvalue weighted by atomic mass is 15.1. The average molecular weight is 327 g/mol. The van der Waals surface area contributed by atoms with Crippen LogP contribution in [-0.4, -0.2) is 16.0 Å². The standard InChI is InChI=1S/C22H21N3/c1-2-7-15(8-3-1)20-13-16-14-23-22(24-17-9-6-10-17)25-21(16)19-12-5-4-11-18(19)20/h1-5,7-8,11-12,14,17,20H,6,9-10,13H2,(H,23,24,25). The first kappa shape index (κ1) is 14.6. The minimum atomic E-state index is 0.374. The van der Waals surface area contributed by atoms with E-state index in [-0.39, 0.29) is 0 Å². The van der Waals surface area contributed by atoms with Crippen LogP contribution in [-0.2, 0) is 6.42 Å². The number of rotatable bonds is 3. The molecule has 25 heavy (non-hydrogen) atoms. The number of fused-ring (bicyclic) bond motifs is 3. The summed E-state index contributed by atoms with van der Waals surface area (Å²) in [5, 5.41) is 3.48. The van der Waals surface area contributed by atoms with Gasteiger partial charge >= 0.3 is 0 Å². The highest BCUT2D eigenvalue weighted by Crippen LogP contribution is 2.41. The zero-order chi connectivity index (χ0) is 16.6. The number of aromatic nitrogens is 2. The molecule has 3 nitrogen and oxygen atoms in total. The zero-order valence-corrected chi connectivity index (χ0v) is 14.2. The van der Waals surface area contributed by atoms with Gasteiger partial charge in [-0.05, 0) is 42.4 Å². The van der Waals surface area contributed by atoms with Crippen LogP contribution in [0.4, 0.5) is 5.95 Å². The van der Waals surface area contributed by atoms with E-state index in [1.165, 1.54) is 41.5 Å². The van der Waals surface area contributed by atoms with E-state index < -0.39 is 0 Å². The van der Waals surface area contributed by atoms with Crippen LogP contribution in [0.5, 0.6) is 0 Å². The number of benzene rings is 2. The Labute approximate surface area is 148 Å². The Hall–Kier alpha value is -2.68. The van der Waals surface area contributed by atoms with E-state index in [2.05, 4.69) is 64.9 Å². The largest absolute Gasteiger partial charge is 0.351 e. The molecule has 1 atom stereocenters. The Morgan fingerprint density at radius 3 is 2.52 bits per heavy atom. The van der Waals surface area contributed by atoms with Gasteiger partial charge in [0, 0.05) is 23.7 Å². The number of nitrogens with zero attached hydrogens (tertiary/aromatic N) is 2. The maximum Gasteiger partial charge on any atom is 0.223 e. The SMILES string of the molecule is c1ccc(C2Cc3cnc(NC4CCC4)nc3-c3ccccc32)cc1. The van der Waals surface area contributed by atoms with E-state index in [9.17, 15) is 0 Å². The van der Waals surface area contributed by atoms with E-state index in [0.29, 0.717) is 12.0 Å². The lowest BCUT2D eigenvalue weighted by Crippen LogP contribution is -2.28. The van der Waals surface area contributed by atoms with Crippen molar-refractivity contribution in [3.05, 3.63) is 77.5 Å². The summed E-state index contributed by atoms with van der Waals surface area (Å²) >= 11 is 0. The molecule has 1 saturated carbocycles. The van der Waals surface area contributed by atoms with Crippen LogP contribution in [0.15, 0.2) is 60.8 Å². The van der Waals surface area contributed by atoms with Crippen molar-refractivity contribution in [2.45, 2.75) is 37.6 Å². The molecule has 124 valence electrons. The molecule has 2 aromatic carbocycles. The molecule has 1 unspecified atom stereocenters. The molecule has 2 aliphatic carbocycles. The second-order valence-electron chi connectivity index (χ2n) is 7.09. The van der Waals surface area contributed by atoms with E-state index in [1.54, 1.807) is 0 Å². The third-order valence-electron chi connectivity index (χ3n) is 5.52. The van der Waals surface area contributed by atoms with Crippen LogP contribution < -0.4 is 5.32 Å². The maximum atomic E-state index is 4.88. The van der Waals surface area contributed by atoms with Crippen molar-refractivity contribution in [2.75, 3.05) is 5.32 Å². The van der Waals surface area contributed by atoms with Crippen molar-refractivity contribution >= 4 is 5.95 Å². The lowest BCUT2D eigenvalue weighted by molar-refractivity contribution is 0.443. The van der Waals surface area contributed by atoms with Crippen molar-refractivity contribution in [1.82, 2.24) is 9.97 Å². The summed E-state index contributed by atoms with van der Waals surface area (Å²) in [4.78, 5) is 9.47. The number of hydrogen-bond donors (Lipinski definition) is 1. The molecule has 3 heteroatoms. The number of nitrogens with one attached hydrogen (secondary N) is 1. The van der Waals surface area contributed by atoms with Crippen LogP contribution in [0.25, 0.3) is 11.3 Å². The summed E-state index contributed by atoms with van der Waals surface area (Å²) < 4.78 is 0. The topological polar surface area (TPSA) is 37.8 Å². The second-order valence-corrected chi connectivity index (χ2v) is 7.09. The number of hydrogen-bond acceptors (Lipinski definition) is 3. The number of anilines is 1. The maximum absolute atomic E-state index is 4.88. The van der Waals surface area contributed by atoms with E-state index in [0.717, 1.165) is 18.1 Å². The Kier molecular flexibility index (Phi) is 3.51. The Balaban J connectivity index is 1.57. The fraction of sp³-hybridized carbons (Fsp3) is 0.273. The van der Waals surface area contributed by atoms with E-state index in [1.807, 2.05) is 6.20 Å². The van der Waals surface area contributed by atoms with Gasteiger partial charge in [0.15, 0.2) is 0 Å². The molecule has 5 rings (SSSR count). The first-order valence-corrected chi connectivity index (χ1v) is 9.15. The van der Waals surface area contributed by atoms with Gasteiger partial charge in [0.05, 0.1) is 5.69 Å². The molecular formula is C22H21N3. The van der Waals surface area contributed by atoms with Crippen LogP contribution >= 0.6 is 0 Å². The molecule has 1 fully saturated rings. The third-order valence-corrected chi connectivity index (χ3v) is 5.52. The van der Waals surface area contributed by atoms with Gasteiger partial charge < -0.3 is 5.32 Å². The van der Waals surface area contributed by atoms with Crippen molar-refractivity contribution in [3.63, 3.8) is 0 Å². The Bertz CT molecular complexity index is 900. The Morgan fingerprint density at radius 1 is 0.920 bits per heavy atom. The second kappa shape index (κ2) is 5.99. The predicted molar refractivity (Wildman–Crippen MR) is 101 cm³/mol. The summed E-state index contributed by atoms with van der Waals surface area (Å²) in [5.74, 6) is 1.15. The quantitative estimate of drug-likeness (QED) is 0.751. The van der Waals surface area contributed by atoms with Gasteiger partial charge in [0.1, 0.15) is 0 Å². The summed E-state index contributed by atoms with van der Waals surface area (Å²) in [6, 6.07) is 20.0. The van der Waals surface area contributed by atoms with Crippen LogP contribution in [0.1, 0.15) is 41.9 Å². The fourth-order valence-corrected chi connectivity index (χ4v) is 3.92. The van der Waals surface area contributed by atoms with E-state index >= 15 is 0 Å². The van der Waals surface area contributed by atoms with Crippen LogP contribution in [0.3, 0.4) is 0 Å². The molecule has 2 aliphatic rings. The highest BCUT2D eigenvalue weighted by Gasteiger charge is 2.27.